The van der Waals surface area contributed by atoms with Gasteiger partial charge in [-0.15, -0.1) is 0 Å². The molecule has 53 heavy (non-hydrogen) atoms. The van der Waals surface area contributed by atoms with Gasteiger partial charge in [-0.3, -0.25) is 0 Å². The van der Waals surface area contributed by atoms with Gasteiger partial charge in [0.2, 0.25) is 0 Å². The molecule has 0 aliphatic heterocycles. The van der Waals surface area contributed by atoms with Crippen molar-refractivity contribution in [2.24, 2.45) is 98.6 Å². The quantitative estimate of drug-likeness (QED) is 0.341. The molecule has 7 nitrogen and oxygen atoms in total. The molecule has 0 spiro atoms. The molecule has 20 atom stereocenters. The van der Waals surface area contributed by atoms with Crippen molar-refractivity contribution in [2.75, 3.05) is 14.2 Å². The smallest absolute Gasteiger partial charge is 0.870 e. The molecular weight excluding hydrogens is 655 g/mol. The van der Waals surface area contributed by atoms with Crippen LogP contribution in [0.5, 0.6) is 0 Å². The molecule has 0 bridgehead atoms. The van der Waals surface area contributed by atoms with Gasteiger partial charge < -0.3 is 25.5 Å². The van der Waals surface area contributed by atoms with E-state index in [1.807, 2.05) is 14.2 Å². The molecule has 0 saturated heterocycles. The molecule has 0 aromatic rings. The Kier molecular flexibility index (Phi) is 13.9. The number of nitriles is 2. The first kappa shape index (κ1) is 45.1. The minimum absolute atomic E-state index is 0. The number of ether oxygens (including phenoxy) is 2. The van der Waals surface area contributed by atoms with Gasteiger partial charge in [-0.05, 0) is 177 Å². The summed E-state index contributed by atoms with van der Waals surface area (Å²) in [6, 6.07) is 5.30. The third-order valence-corrected chi connectivity index (χ3v) is 19.2. The van der Waals surface area contributed by atoms with Gasteiger partial charge in [0, 0.05) is 14.2 Å². The molecule has 4 N–H and O–H groups in total. The second kappa shape index (κ2) is 16.3. The number of nitrogens with zero attached hydrogens (tertiary/aromatic N) is 2. The Bertz CT molecular complexity index is 1250. The van der Waals surface area contributed by atoms with E-state index in [-0.39, 0.29) is 70.1 Å². The van der Waals surface area contributed by atoms with Gasteiger partial charge in [-0.1, -0.05) is 48.5 Å². The molecule has 0 amide bonds. The third-order valence-electron chi connectivity index (χ3n) is 19.2. The van der Waals surface area contributed by atoms with Gasteiger partial charge >= 0.3 is 18.9 Å². The number of hydrogen-bond donors (Lipinski definition) is 1. The zero-order chi connectivity index (χ0) is 36.0. The molecule has 8 heteroatoms. The summed E-state index contributed by atoms with van der Waals surface area (Å²) in [6.07, 6.45) is 17.6. The van der Waals surface area contributed by atoms with E-state index in [1.54, 1.807) is 0 Å². The summed E-state index contributed by atoms with van der Waals surface area (Å²) in [6.45, 7) is 17.1. The maximum Gasteiger partial charge on any atom is 1.00 e. The molecule has 296 valence electrons. The van der Waals surface area contributed by atoms with Crippen molar-refractivity contribution in [3.63, 3.8) is 0 Å². The molecule has 0 aromatic heterocycles. The first-order valence-corrected chi connectivity index (χ1v) is 21.2. The average molecular weight is 731 g/mol. The monoisotopic (exact) mass is 731 g/mol. The van der Waals surface area contributed by atoms with E-state index < -0.39 is 0 Å². The minimum Gasteiger partial charge on any atom is -0.870 e. The van der Waals surface area contributed by atoms with Gasteiger partial charge in [0.05, 0.1) is 42.3 Å². The first-order valence-electron chi connectivity index (χ1n) is 21.2. The largest absolute Gasteiger partial charge is 1.00 e. The second-order valence-corrected chi connectivity index (χ2v) is 21.0. The summed E-state index contributed by atoms with van der Waals surface area (Å²) in [5.74, 6) is 8.29. The van der Waals surface area contributed by atoms with E-state index in [2.05, 4.69) is 60.6 Å². The molecule has 8 aliphatic rings. The van der Waals surface area contributed by atoms with Crippen molar-refractivity contribution in [3.8, 4) is 12.1 Å². The fraction of sp³-hybridized carbons (Fsp3) is 0.956. The zero-order valence-electron chi connectivity index (χ0n) is 35.2. The van der Waals surface area contributed by atoms with Crippen LogP contribution in [0.1, 0.15) is 138 Å². The number of aliphatic hydroxyl groups excluding tert-OH is 1. The minimum atomic E-state index is -0.126. The Morgan fingerprint density at radius 1 is 0.566 bits per heavy atom. The summed E-state index contributed by atoms with van der Waals surface area (Å²) < 4.78 is 12.3. The summed E-state index contributed by atoms with van der Waals surface area (Å²) in [5, 5.41) is 29.9. The zero-order valence-corrected chi connectivity index (χ0v) is 35.2. The number of fused-ring (bicyclic) bond motifs is 10. The van der Waals surface area contributed by atoms with Crippen LogP contribution in [-0.4, -0.2) is 48.6 Å². The number of methoxy groups -OCH3 is 2. The van der Waals surface area contributed by atoms with Crippen LogP contribution in [0.25, 0.3) is 0 Å². The summed E-state index contributed by atoms with van der Waals surface area (Å²) in [7, 11) is 3.82. The van der Waals surface area contributed by atoms with E-state index in [0.717, 1.165) is 68.1 Å². The van der Waals surface area contributed by atoms with E-state index in [1.165, 1.54) is 51.4 Å². The molecule has 8 fully saturated rings. The summed E-state index contributed by atoms with van der Waals surface area (Å²) in [4.78, 5) is 0. The molecule has 0 radical (unpaired) electrons. The van der Waals surface area contributed by atoms with Crippen molar-refractivity contribution in [2.45, 2.75) is 157 Å². The summed E-state index contributed by atoms with van der Waals surface area (Å²) >= 11 is 0. The number of rotatable bonds is 2. The fourth-order valence-electron chi connectivity index (χ4n) is 16.5. The van der Waals surface area contributed by atoms with Crippen LogP contribution < -0.4 is 18.9 Å². The van der Waals surface area contributed by atoms with Gasteiger partial charge in [-0.2, -0.15) is 10.5 Å². The van der Waals surface area contributed by atoms with Crippen molar-refractivity contribution >= 4 is 0 Å². The standard InChI is InChI=1S/C23H37NO.C22H35NO2.Li.2H2O/c1-14-10-16-6-8-18-19-9-7-17(13-24)22(19,3)12-20(25-5)21(18)23(16,4)11-15(14)2;1-13-10-22(3)14(9-18(13)24)5-7-16-17-8-6-15(12-23)21(17,2)11-19(25-4)20(16)22;;;/h14-21H,6-12H2,1-5H3;13-20,24H,5-11H2,1-4H3;;2*1H2/q;;+1;;/p-1/t14-,15-,16-,17+,18-,19-,20-,21+,22+,23-;13-,14-,15+,16-,17-,18-,19-,20+,21+,22-;;;/m00.../s1. The van der Waals surface area contributed by atoms with Crippen molar-refractivity contribution in [3.05, 3.63) is 0 Å². The first-order chi connectivity index (χ1) is 23.7. The Balaban J connectivity index is 0.000000224. The predicted molar refractivity (Wildman–Crippen MR) is 204 cm³/mol. The maximum absolute atomic E-state index is 10.4. The predicted octanol–water partition coefficient (Wildman–Crippen LogP) is 6.08. The molecular formula is C45H75LiN2O5. The van der Waals surface area contributed by atoms with Gasteiger partial charge in [0.25, 0.3) is 0 Å². The molecule has 0 unspecified atom stereocenters. The van der Waals surface area contributed by atoms with Gasteiger partial charge in [0.15, 0.2) is 0 Å². The maximum atomic E-state index is 10.4. The SMILES string of the molecule is CO[C@H]1C[C@]2(C)[C@@H](C#N)CC[C@H]2[C@@H]2CC[C@H]3C[C@H](C)[C@@H](C)C[C@]3(C)[C@H]21.CO[C@H]1C[C@]2(C)[C@@H](C#N)CC[C@H]2[C@@H]2CC[C@H]3C[C@H](O)[C@@H](C)C[C@]3(C)[C@H]21.O.[Li+].[OH-]. The molecule has 0 aromatic carbocycles. The van der Waals surface area contributed by atoms with Crippen molar-refractivity contribution in [1.29, 1.82) is 10.5 Å². The van der Waals surface area contributed by atoms with Crippen LogP contribution in [0.2, 0.25) is 0 Å². The van der Waals surface area contributed by atoms with Crippen LogP contribution in [0.3, 0.4) is 0 Å². The normalized spacial score (nSPS) is 54.6. The van der Waals surface area contributed by atoms with Crippen LogP contribution in [0.4, 0.5) is 0 Å². The fourth-order valence-corrected chi connectivity index (χ4v) is 16.5. The Morgan fingerprint density at radius 2 is 0.981 bits per heavy atom. The van der Waals surface area contributed by atoms with E-state index in [4.69, 9.17) is 9.47 Å². The molecule has 8 aliphatic carbocycles. The second-order valence-electron chi connectivity index (χ2n) is 21.0. The number of hydrogen-bond acceptors (Lipinski definition) is 6. The van der Waals surface area contributed by atoms with Crippen LogP contribution in [0, 0.1) is 121 Å². The Morgan fingerprint density at radius 3 is 1.40 bits per heavy atom. The van der Waals surface area contributed by atoms with E-state index in [0.29, 0.717) is 47.0 Å². The van der Waals surface area contributed by atoms with Crippen LogP contribution in [0.15, 0.2) is 0 Å². The van der Waals surface area contributed by atoms with Gasteiger partial charge in [0.1, 0.15) is 0 Å². The van der Waals surface area contributed by atoms with E-state index >= 15 is 0 Å². The Labute approximate surface area is 335 Å². The van der Waals surface area contributed by atoms with Crippen LogP contribution in [-0.2, 0) is 9.47 Å². The van der Waals surface area contributed by atoms with Crippen molar-refractivity contribution in [1.82, 2.24) is 0 Å². The molecule has 0 heterocycles. The number of aliphatic hydroxyl groups is 1. The molecule has 8 rings (SSSR count). The third kappa shape index (κ3) is 6.83. The molecule has 8 saturated carbocycles. The average Bonchev–Trinajstić information content (AvgIpc) is 3.60. The summed E-state index contributed by atoms with van der Waals surface area (Å²) in [5.41, 5.74) is 1.06. The van der Waals surface area contributed by atoms with E-state index in [9.17, 15) is 15.6 Å². The van der Waals surface area contributed by atoms with Gasteiger partial charge in [-0.25, -0.2) is 0 Å². The Hall–Kier alpha value is -0.623. The van der Waals surface area contributed by atoms with Crippen LogP contribution >= 0.6 is 0 Å². The topological polar surface area (TPSA) is 148 Å². The van der Waals surface area contributed by atoms with Crippen molar-refractivity contribution < 1.29 is 44.4 Å².